The number of nitrogens with zero attached hydrogens (tertiary/aromatic N) is 2. The number of hydrogen-bond acceptors (Lipinski definition) is 3. The zero-order valence-electron chi connectivity index (χ0n) is 8.91. The van der Waals surface area contributed by atoms with E-state index in [-0.39, 0.29) is 0 Å². The van der Waals surface area contributed by atoms with Crippen molar-refractivity contribution in [2.75, 3.05) is 25.0 Å². The molecule has 1 saturated heterocycles. The number of likely N-dealkylation sites (N-methyl/N-ethyl adjacent to an activating group) is 1. The second-order valence-electron chi connectivity index (χ2n) is 3.90. The molecule has 3 nitrogen and oxygen atoms in total. The van der Waals surface area contributed by atoms with Crippen molar-refractivity contribution >= 4 is 21.6 Å². The summed E-state index contributed by atoms with van der Waals surface area (Å²) in [7, 11) is 2.04. The molecule has 0 radical (unpaired) electrons. The van der Waals surface area contributed by atoms with Gasteiger partial charge in [-0.2, -0.15) is 0 Å². The maximum absolute atomic E-state index is 4.09. The maximum Gasteiger partial charge on any atom is 0.0592 e. The van der Waals surface area contributed by atoms with E-state index in [0.29, 0.717) is 6.04 Å². The minimum Gasteiger partial charge on any atom is -0.369 e. The SMILES string of the molecule is CNC1CCCN(c2ccncc2Br)C1. The van der Waals surface area contributed by atoms with Gasteiger partial charge in [0.25, 0.3) is 0 Å². The lowest BCUT2D eigenvalue weighted by molar-refractivity contribution is 0.449. The molecule has 1 N–H and O–H groups in total. The Labute approximate surface area is 99.0 Å². The molecule has 1 aliphatic rings. The highest BCUT2D eigenvalue weighted by atomic mass is 79.9. The van der Waals surface area contributed by atoms with Crippen molar-refractivity contribution in [2.24, 2.45) is 0 Å². The Morgan fingerprint density at radius 3 is 3.20 bits per heavy atom. The van der Waals surface area contributed by atoms with Crippen LogP contribution in [0.15, 0.2) is 22.9 Å². The van der Waals surface area contributed by atoms with Gasteiger partial charge in [0.1, 0.15) is 0 Å². The van der Waals surface area contributed by atoms with E-state index in [4.69, 9.17) is 0 Å². The number of hydrogen-bond donors (Lipinski definition) is 1. The summed E-state index contributed by atoms with van der Waals surface area (Å²) in [5.41, 5.74) is 1.25. The summed E-state index contributed by atoms with van der Waals surface area (Å²) in [6.45, 7) is 2.22. The van der Waals surface area contributed by atoms with Gasteiger partial charge in [-0.3, -0.25) is 4.98 Å². The Hall–Kier alpha value is -0.610. The molecule has 0 bridgehead atoms. The highest BCUT2D eigenvalue weighted by Gasteiger charge is 2.19. The van der Waals surface area contributed by atoms with Gasteiger partial charge < -0.3 is 10.2 Å². The Bertz CT molecular complexity index is 329. The first-order valence-corrected chi connectivity index (χ1v) is 6.12. The van der Waals surface area contributed by atoms with Crippen LogP contribution in [0.3, 0.4) is 0 Å². The molecule has 1 aliphatic heterocycles. The van der Waals surface area contributed by atoms with Crippen molar-refractivity contribution in [1.82, 2.24) is 10.3 Å². The Morgan fingerprint density at radius 2 is 2.47 bits per heavy atom. The Morgan fingerprint density at radius 1 is 1.60 bits per heavy atom. The molecule has 82 valence electrons. The topological polar surface area (TPSA) is 28.2 Å². The minimum absolute atomic E-state index is 0.610. The third-order valence-electron chi connectivity index (χ3n) is 2.92. The molecule has 1 atom stereocenters. The molecular formula is C11H16BrN3. The van der Waals surface area contributed by atoms with Gasteiger partial charge in [0.2, 0.25) is 0 Å². The normalized spacial score (nSPS) is 21.7. The molecule has 2 rings (SSSR count). The number of pyridine rings is 1. The summed E-state index contributed by atoms with van der Waals surface area (Å²) in [5.74, 6) is 0. The summed E-state index contributed by atoms with van der Waals surface area (Å²) in [4.78, 5) is 6.50. The van der Waals surface area contributed by atoms with Gasteiger partial charge >= 0.3 is 0 Å². The van der Waals surface area contributed by atoms with Crippen LogP contribution < -0.4 is 10.2 Å². The second-order valence-corrected chi connectivity index (χ2v) is 4.76. The number of rotatable bonds is 2. The number of nitrogens with one attached hydrogen (secondary N) is 1. The molecule has 15 heavy (non-hydrogen) atoms. The first kappa shape index (κ1) is 10.9. The lowest BCUT2D eigenvalue weighted by Gasteiger charge is -2.34. The van der Waals surface area contributed by atoms with Crippen molar-refractivity contribution in [3.05, 3.63) is 22.9 Å². The van der Waals surface area contributed by atoms with Crippen molar-refractivity contribution < 1.29 is 0 Å². The Balaban J connectivity index is 2.13. The zero-order chi connectivity index (χ0) is 10.7. The first-order chi connectivity index (χ1) is 7.31. The van der Waals surface area contributed by atoms with Crippen molar-refractivity contribution in [1.29, 1.82) is 0 Å². The van der Waals surface area contributed by atoms with Crippen LogP contribution in [0.2, 0.25) is 0 Å². The van der Waals surface area contributed by atoms with Gasteiger partial charge in [-0.25, -0.2) is 0 Å². The molecule has 0 aromatic carbocycles. The van der Waals surface area contributed by atoms with E-state index in [1.54, 1.807) is 0 Å². The van der Waals surface area contributed by atoms with E-state index >= 15 is 0 Å². The quantitative estimate of drug-likeness (QED) is 0.891. The van der Waals surface area contributed by atoms with Crippen LogP contribution in [0, 0.1) is 0 Å². The van der Waals surface area contributed by atoms with E-state index in [0.717, 1.165) is 17.6 Å². The number of halogens is 1. The van der Waals surface area contributed by atoms with Crippen LogP contribution in [0.1, 0.15) is 12.8 Å². The Kier molecular flexibility index (Phi) is 3.59. The van der Waals surface area contributed by atoms with Crippen molar-refractivity contribution in [3.63, 3.8) is 0 Å². The zero-order valence-corrected chi connectivity index (χ0v) is 10.5. The monoisotopic (exact) mass is 269 g/mol. The third-order valence-corrected chi connectivity index (χ3v) is 3.53. The fourth-order valence-electron chi connectivity index (χ4n) is 2.06. The standard InChI is InChI=1S/C11H16BrN3/c1-13-9-3-2-6-15(8-9)11-4-5-14-7-10(11)12/h4-5,7,9,13H,2-3,6,8H2,1H3. The predicted octanol–water partition coefficient (Wildman–Crippen LogP) is 2.03. The van der Waals surface area contributed by atoms with Crippen LogP contribution in [-0.2, 0) is 0 Å². The van der Waals surface area contributed by atoms with Gasteiger partial charge in [-0.1, -0.05) is 0 Å². The molecule has 1 aromatic heterocycles. The van der Waals surface area contributed by atoms with Crippen molar-refractivity contribution in [2.45, 2.75) is 18.9 Å². The fraction of sp³-hybridized carbons (Fsp3) is 0.545. The summed E-state index contributed by atoms with van der Waals surface area (Å²) in [6.07, 6.45) is 6.23. The average Bonchev–Trinajstić information content (AvgIpc) is 2.30. The maximum atomic E-state index is 4.09. The van der Waals surface area contributed by atoms with E-state index in [1.165, 1.54) is 18.5 Å². The van der Waals surface area contributed by atoms with Gasteiger partial charge in [0.15, 0.2) is 0 Å². The van der Waals surface area contributed by atoms with Crippen LogP contribution in [0.5, 0.6) is 0 Å². The minimum atomic E-state index is 0.610. The van der Waals surface area contributed by atoms with E-state index < -0.39 is 0 Å². The third kappa shape index (κ3) is 2.49. The predicted molar refractivity (Wildman–Crippen MR) is 66.2 cm³/mol. The molecule has 4 heteroatoms. The van der Waals surface area contributed by atoms with Crippen LogP contribution in [0.4, 0.5) is 5.69 Å². The molecule has 2 heterocycles. The molecule has 0 amide bonds. The number of piperidine rings is 1. The summed E-state index contributed by atoms with van der Waals surface area (Å²) < 4.78 is 1.08. The lowest BCUT2D eigenvalue weighted by atomic mass is 10.1. The van der Waals surface area contributed by atoms with Crippen molar-refractivity contribution in [3.8, 4) is 0 Å². The largest absolute Gasteiger partial charge is 0.369 e. The summed E-state index contributed by atoms with van der Waals surface area (Å²) in [5, 5.41) is 3.35. The highest BCUT2D eigenvalue weighted by molar-refractivity contribution is 9.10. The molecule has 0 aliphatic carbocycles. The lowest BCUT2D eigenvalue weighted by Crippen LogP contribution is -2.44. The summed E-state index contributed by atoms with van der Waals surface area (Å²) >= 11 is 3.55. The molecule has 1 unspecified atom stereocenters. The van der Waals surface area contributed by atoms with Gasteiger partial charge in [0, 0.05) is 31.5 Å². The molecule has 1 fully saturated rings. The fourth-order valence-corrected chi connectivity index (χ4v) is 2.56. The highest BCUT2D eigenvalue weighted by Crippen LogP contribution is 2.27. The van der Waals surface area contributed by atoms with Gasteiger partial charge in [-0.15, -0.1) is 0 Å². The van der Waals surface area contributed by atoms with E-state index in [9.17, 15) is 0 Å². The van der Waals surface area contributed by atoms with E-state index in [1.807, 2.05) is 19.4 Å². The molecule has 0 saturated carbocycles. The van der Waals surface area contributed by atoms with Gasteiger partial charge in [0.05, 0.1) is 10.2 Å². The van der Waals surface area contributed by atoms with Crippen LogP contribution in [0.25, 0.3) is 0 Å². The van der Waals surface area contributed by atoms with Crippen LogP contribution in [-0.4, -0.2) is 31.2 Å². The number of aromatic nitrogens is 1. The van der Waals surface area contributed by atoms with Gasteiger partial charge in [-0.05, 0) is 41.9 Å². The van der Waals surface area contributed by atoms with E-state index in [2.05, 4.69) is 37.2 Å². The first-order valence-electron chi connectivity index (χ1n) is 5.33. The smallest absolute Gasteiger partial charge is 0.0592 e. The molecule has 0 spiro atoms. The van der Waals surface area contributed by atoms with Crippen LogP contribution >= 0.6 is 15.9 Å². The molecule has 1 aromatic rings. The summed E-state index contributed by atoms with van der Waals surface area (Å²) in [6, 6.07) is 2.68. The average molecular weight is 270 g/mol. The number of anilines is 1. The second kappa shape index (κ2) is 4.94. The molecular weight excluding hydrogens is 254 g/mol.